The summed E-state index contributed by atoms with van der Waals surface area (Å²) < 4.78 is 13.7. The van der Waals surface area contributed by atoms with E-state index >= 15 is 0 Å². The van der Waals surface area contributed by atoms with Crippen LogP contribution in [0.4, 0.5) is 10.1 Å². The summed E-state index contributed by atoms with van der Waals surface area (Å²) in [5.74, 6) is -3.70. The van der Waals surface area contributed by atoms with Crippen LogP contribution in [0.25, 0.3) is 0 Å². The fourth-order valence-electron chi connectivity index (χ4n) is 2.27. The van der Waals surface area contributed by atoms with Crippen molar-refractivity contribution in [2.45, 2.75) is 18.9 Å². The Morgan fingerprint density at radius 3 is 2.70 bits per heavy atom. The molecular weight excluding hydrogens is 307 g/mol. The van der Waals surface area contributed by atoms with Gasteiger partial charge in [0.25, 0.3) is 0 Å². The van der Waals surface area contributed by atoms with Crippen LogP contribution >= 0.6 is 0 Å². The zero-order chi connectivity index (χ0) is 17.2. The van der Waals surface area contributed by atoms with E-state index in [-0.39, 0.29) is 24.6 Å². The molecule has 23 heavy (non-hydrogen) atoms. The normalized spacial score (nSPS) is 20.2. The molecule has 2 unspecified atom stereocenters. The second-order valence-corrected chi connectivity index (χ2v) is 5.65. The van der Waals surface area contributed by atoms with Gasteiger partial charge in [0.2, 0.25) is 11.8 Å². The van der Waals surface area contributed by atoms with Gasteiger partial charge < -0.3 is 20.4 Å². The van der Waals surface area contributed by atoms with Crippen LogP contribution in [0.15, 0.2) is 24.3 Å². The quantitative estimate of drug-likeness (QED) is 0.714. The number of carboxylic acid groups (broad SMARTS) is 1. The van der Waals surface area contributed by atoms with Crippen LogP contribution in [-0.2, 0) is 14.4 Å². The van der Waals surface area contributed by atoms with Gasteiger partial charge in [0.15, 0.2) is 5.60 Å². The Morgan fingerprint density at radius 1 is 1.43 bits per heavy atom. The number of anilines is 1. The minimum Gasteiger partial charge on any atom is -0.479 e. The van der Waals surface area contributed by atoms with Crippen molar-refractivity contribution in [2.24, 2.45) is 5.92 Å². The van der Waals surface area contributed by atoms with Crippen LogP contribution < -0.4 is 10.2 Å². The van der Waals surface area contributed by atoms with Crippen LogP contribution in [-0.4, -0.2) is 46.7 Å². The molecule has 1 aliphatic rings. The number of hydrogen-bond donors (Lipinski definition) is 3. The zero-order valence-electron chi connectivity index (χ0n) is 12.5. The van der Waals surface area contributed by atoms with Crippen LogP contribution in [0, 0.1) is 11.7 Å². The summed E-state index contributed by atoms with van der Waals surface area (Å²) >= 11 is 0. The minimum absolute atomic E-state index is 0.000808. The predicted octanol–water partition coefficient (Wildman–Crippen LogP) is 0.130. The Balaban J connectivity index is 2.01. The summed E-state index contributed by atoms with van der Waals surface area (Å²) in [7, 11) is 0. The SMILES string of the molecule is CC(O)(CNC(=O)C1CC(=O)N(c2ccccc2F)C1)C(=O)O. The van der Waals surface area contributed by atoms with Crippen molar-refractivity contribution in [3.63, 3.8) is 0 Å². The van der Waals surface area contributed by atoms with E-state index in [2.05, 4.69) is 5.32 Å². The lowest BCUT2D eigenvalue weighted by Gasteiger charge is -2.20. The average Bonchev–Trinajstić information content (AvgIpc) is 2.87. The largest absolute Gasteiger partial charge is 0.479 e. The highest BCUT2D eigenvalue weighted by molar-refractivity contribution is 6.00. The molecule has 7 nitrogen and oxygen atoms in total. The van der Waals surface area contributed by atoms with E-state index in [1.807, 2.05) is 0 Å². The lowest BCUT2D eigenvalue weighted by Crippen LogP contribution is -2.48. The van der Waals surface area contributed by atoms with Gasteiger partial charge in [0, 0.05) is 13.0 Å². The van der Waals surface area contributed by atoms with E-state index in [1.54, 1.807) is 6.07 Å². The summed E-state index contributed by atoms with van der Waals surface area (Å²) in [5, 5.41) is 20.6. The van der Waals surface area contributed by atoms with Crippen molar-refractivity contribution < 1.29 is 29.0 Å². The third-order valence-corrected chi connectivity index (χ3v) is 3.71. The summed E-state index contributed by atoms with van der Waals surface area (Å²) in [4.78, 5) is 36.0. The predicted molar refractivity (Wildman–Crippen MR) is 78.1 cm³/mol. The maximum absolute atomic E-state index is 13.7. The molecule has 0 spiro atoms. The molecule has 0 saturated carbocycles. The highest BCUT2D eigenvalue weighted by atomic mass is 19.1. The van der Waals surface area contributed by atoms with Gasteiger partial charge in [0.1, 0.15) is 5.82 Å². The standard InChI is InChI=1S/C15H17FN2O5/c1-15(23,14(21)22)8-17-13(20)9-6-12(19)18(7-9)11-5-3-2-4-10(11)16/h2-5,9,23H,6-8H2,1H3,(H,17,20)(H,21,22). The summed E-state index contributed by atoms with van der Waals surface area (Å²) in [6.45, 7) is 0.577. The maximum atomic E-state index is 13.7. The number of para-hydroxylation sites is 1. The highest BCUT2D eigenvalue weighted by Gasteiger charge is 2.37. The number of carboxylic acids is 1. The van der Waals surface area contributed by atoms with Crippen molar-refractivity contribution in [1.29, 1.82) is 0 Å². The number of aliphatic hydroxyl groups is 1. The van der Waals surface area contributed by atoms with E-state index in [1.165, 1.54) is 23.1 Å². The van der Waals surface area contributed by atoms with E-state index in [0.29, 0.717) is 0 Å². The molecule has 2 rings (SSSR count). The topological polar surface area (TPSA) is 107 Å². The summed E-state index contributed by atoms with van der Waals surface area (Å²) in [6.07, 6.45) is -0.102. The molecule has 1 aromatic rings. The van der Waals surface area contributed by atoms with Crippen molar-refractivity contribution in [3.8, 4) is 0 Å². The molecule has 124 valence electrons. The number of aliphatic carboxylic acids is 1. The molecule has 1 heterocycles. The molecule has 1 fully saturated rings. The number of nitrogens with one attached hydrogen (secondary N) is 1. The van der Waals surface area contributed by atoms with Gasteiger partial charge in [-0.25, -0.2) is 9.18 Å². The monoisotopic (exact) mass is 324 g/mol. The van der Waals surface area contributed by atoms with E-state index in [0.717, 1.165) is 6.92 Å². The number of nitrogens with zero attached hydrogens (tertiary/aromatic N) is 1. The van der Waals surface area contributed by atoms with Gasteiger partial charge in [-0.15, -0.1) is 0 Å². The van der Waals surface area contributed by atoms with E-state index < -0.39 is 35.8 Å². The molecule has 3 N–H and O–H groups in total. The number of carbonyl (C=O) groups is 3. The lowest BCUT2D eigenvalue weighted by molar-refractivity contribution is -0.156. The van der Waals surface area contributed by atoms with E-state index in [9.17, 15) is 23.9 Å². The van der Waals surface area contributed by atoms with Crippen LogP contribution in [0.2, 0.25) is 0 Å². The van der Waals surface area contributed by atoms with Gasteiger partial charge in [-0.05, 0) is 19.1 Å². The van der Waals surface area contributed by atoms with Gasteiger partial charge >= 0.3 is 5.97 Å². The number of hydrogen-bond acceptors (Lipinski definition) is 4. The molecule has 0 aliphatic carbocycles. The number of halogens is 1. The molecule has 0 bridgehead atoms. The smallest absolute Gasteiger partial charge is 0.337 e. The molecule has 8 heteroatoms. The first-order chi connectivity index (χ1) is 10.7. The maximum Gasteiger partial charge on any atom is 0.337 e. The van der Waals surface area contributed by atoms with Gasteiger partial charge in [-0.3, -0.25) is 9.59 Å². The van der Waals surface area contributed by atoms with Crippen LogP contribution in [0.1, 0.15) is 13.3 Å². The Morgan fingerprint density at radius 2 is 2.09 bits per heavy atom. The highest BCUT2D eigenvalue weighted by Crippen LogP contribution is 2.27. The molecule has 1 aromatic carbocycles. The Bertz CT molecular complexity index is 647. The molecule has 2 atom stereocenters. The number of benzene rings is 1. The molecule has 0 radical (unpaired) electrons. The first-order valence-corrected chi connectivity index (χ1v) is 7.01. The van der Waals surface area contributed by atoms with Gasteiger partial charge in [-0.1, -0.05) is 12.1 Å². The number of rotatable bonds is 5. The third kappa shape index (κ3) is 3.65. The lowest BCUT2D eigenvalue weighted by atomic mass is 10.1. The first kappa shape index (κ1) is 16.9. The van der Waals surface area contributed by atoms with Gasteiger partial charge in [-0.2, -0.15) is 0 Å². The zero-order valence-corrected chi connectivity index (χ0v) is 12.5. The Hall–Kier alpha value is -2.48. The fraction of sp³-hybridized carbons (Fsp3) is 0.400. The average molecular weight is 324 g/mol. The number of amides is 2. The van der Waals surface area contributed by atoms with Crippen LogP contribution in [0.5, 0.6) is 0 Å². The summed E-state index contributed by atoms with van der Waals surface area (Å²) in [5.41, 5.74) is -1.99. The number of carbonyl (C=O) groups excluding carboxylic acids is 2. The fourth-order valence-corrected chi connectivity index (χ4v) is 2.27. The van der Waals surface area contributed by atoms with Crippen molar-refractivity contribution in [3.05, 3.63) is 30.1 Å². The Kier molecular flexibility index (Phi) is 4.65. The van der Waals surface area contributed by atoms with Gasteiger partial charge in [0.05, 0.1) is 18.2 Å². The van der Waals surface area contributed by atoms with Crippen molar-refractivity contribution in [1.82, 2.24) is 5.32 Å². The first-order valence-electron chi connectivity index (χ1n) is 7.01. The third-order valence-electron chi connectivity index (χ3n) is 3.71. The van der Waals surface area contributed by atoms with Crippen LogP contribution in [0.3, 0.4) is 0 Å². The van der Waals surface area contributed by atoms with E-state index in [4.69, 9.17) is 5.11 Å². The molecule has 0 aromatic heterocycles. The second-order valence-electron chi connectivity index (χ2n) is 5.65. The molecule has 1 aliphatic heterocycles. The molecule has 2 amide bonds. The van der Waals surface area contributed by atoms with Crippen molar-refractivity contribution >= 4 is 23.5 Å². The molecular formula is C15H17FN2O5. The molecule has 1 saturated heterocycles. The van der Waals surface area contributed by atoms with Crippen molar-refractivity contribution in [2.75, 3.05) is 18.0 Å². The second kappa shape index (κ2) is 6.33. The minimum atomic E-state index is -2.09. The summed E-state index contributed by atoms with van der Waals surface area (Å²) in [6, 6.07) is 5.75. The Labute approximate surface area is 131 Å².